The Bertz CT molecular complexity index is 451. The maximum Gasteiger partial charge on any atom is 0.348 e. The van der Waals surface area contributed by atoms with Crippen molar-refractivity contribution in [1.29, 1.82) is 0 Å². The molecule has 2 rings (SSSR count). The van der Waals surface area contributed by atoms with Crippen molar-refractivity contribution in [2.24, 2.45) is 0 Å². The molecule has 1 aliphatic rings. The summed E-state index contributed by atoms with van der Waals surface area (Å²) in [5, 5.41) is 13.7. The number of likely N-dealkylation sites (tertiary alicyclic amines) is 1. The van der Waals surface area contributed by atoms with E-state index in [9.17, 15) is 10.1 Å². The summed E-state index contributed by atoms with van der Waals surface area (Å²) in [7, 11) is 0. The highest BCUT2D eigenvalue weighted by atomic mass is 35.5. The standard InChI is InChI=1S/C11H16ClN5O2/c12-10-9(17(18)19)11(15-8-14-10)13-4-3-7-16-5-1-2-6-16/h8H,1-7H2,(H,13,14,15). The Kier molecular flexibility index (Phi) is 4.86. The molecule has 0 radical (unpaired) electrons. The Morgan fingerprint density at radius 2 is 2.16 bits per heavy atom. The van der Waals surface area contributed by atoms with E-state index in [1.807, 2.05) is 0 Å². The third-order valence-corrected chi connectivity index (χ3v) is 3.38. The lowest BCUT2D eigenvalue weighted by Gasteiger charge is -2.14. The van der Waals surface area contributed by atoms with Crippen LogP contribution in [0.3, 0.4) is 0 Å². The number of anilines is 1. The number of nitrogens with zero attached hydrogens (tertiary/aromatic N) is 4. The van der Waals surface area contributed by atoms with Gasteiger partial charge in [-0.2, -0.15) is 0 Å². The van der Waals surface area contributed by atoms with E-state index < -0.39 is 4.92 Å². The molecule has 104 valence electrons. The van der Waals surface area contributed by atoms with Gasteiger partial charge in [0.15, 0.2) is 0 Å². The largest absolute Gasteiger partial charge is 0.364 e. The lowest BCUT2D eigenvalue weighted by molar-refractivity contribution is -0.384. The zero-order chi connectivity index (χ0) is 13.7. The first-order valence-corrected chi connectivity index (χ1v) is 6.67. The molecule has 1 saturated heterocycles. The summed E-state index contributed by atoms with van der Waals surface area (Å²) in [5.74, 6) is 0.187. The van der Waals surface area contributed by atoms with Crippen LogP contribution >= 0.6 is 11.6 Å². The zero-order valence-electron chi connectivity index (χ0n) is 10.5. The number of rotatable bonds is 6. The van der Waals surface area contributed by atoms with Gasteiger partial charge < -0.3 is 10.2 Å². The first kappa shape index (κ1) is 14.0. The topological polar surface area (TPSA) is 84.2 Å². The Labute approximate surface area is 116 Å². The molecule has 2 heterocycles. The summed E-state index contributed by atoms with van der Waals surface area (Å²) in [6.07, 6.45) is 4.66. The number of halogens is 1. The minimum absolute atomic E-state index is 0.137. The molecule has 0 unspecified atom stereocenters. The van der Waals surface area contributed by atoms with Crippen molar-refractivity contribution >= 4 is 23.1 Å². The number of nitrogens with one attached hydrogen (secondary N) is 1. The maximum absolute atomic E-state index is 10.9. The van der Waals surface area contributed by atoms with Gasteiger partial charge in [0.2, 0.25) is 11.0 Å². The average Bonchev–Trinajstić information content (AvgIpc) is 2.87. The van der Waals surface area contributed by atoms with Crippen molar-refractivity contribution in [3.05, 3.63) is 21.6 Å². The molecule has 1 aromatic heterocycles. The summed E-state index contributed by atoms with van der Waals surface area (Å²) in [6.45, 7) is 3.93. The van der Waals surface area contributed by atoms with E-state index in [2.05, 4.69) is 20.2 Å². The fourth-order valence-electron chi connectivity index (χ4n) is 2.16. The number of aromatic nitrogens is 2. The van der Waals surface area contributed by atoms with E-state index in [0.29, 0.717) is 6.54 Å². The van der Waals surface area contributed by atoms with Crippen molar-refractivity contribution in [3.8, 4) is 0 Å². The third-order valence-electron chi connectivity index (χ3n) is 3.10. The smallest absolute Gasteiger partial charge is 0.348 e. The second kappa shape index (κ2) is 6.63. The monoisotopic (exact) mass is 285 g/mol. The van der Waals surface area contributed by atoms with E-state index in [1.54, 1.807) is 0 Å². The molecule has 0 atom stereocenters. The van der Waals surface area contributed by atoms with Gasteiger partial charge in [0.1, 0.15) is 6.33 Å². The number of nitro groups is 1. The van der Waals surface area contributed by atoms with E-state index >= 15 is 0 Å². The van der Waals surface area contributed by atoms with Crippen molar-refractivity contribution in [2.75, 3.05) is 31.5 Å². The number of hydrogen-bond acceptors (Lipinski definition) is 6. The van der Waals surface area contributed by atoms with Gasteiger partial charge in [-0.25, -0.2) is 9.97 Å². The summed E-state index contributed by atoms with van der Waals surface area (Å²) < 4.78 is 0. The Balaban J connectivity index is 1.85. The fourth-order valence-corrected chi connectivity index (χ4v) is 2.37. The molecule has 1 aromatic rings. The van der Waals surface area contributed by atoms with Crippen LogP contribution in [0.15, 0.2) is 6.33 Å². The SMILES string of the molecule is O=[N+]([O-])c1c(Cl)ncnc1NCCCN1CCCC1. The predicted molar refractivity (Wildman–Crippen MR) is 72.5 cm³/mol. The Morgan fingerprint density at radius 1 is 1.42 bits per heavy atom. The van der Waals surface area contributed by atoms with Gasteiger partial charge in [0, 0.05) is 6.54 Å². The van der Waals surface area contributed by atoms with E-state index in [0.717, 1.165) is 26.1 Å². The lowest BCUT2D eigenvalue weighted by atomic mass is 10.3. The predicted octanol–water partition coefficient (Wildman–Crippen LogP) is 1.94. The molecule has 0 aromatic carbocycles. The quantitative estimate of drug-likeness (QED) is 0.372. The van der Waals surface area contributed by atoms with Crippen molar-refractivity contribution in [3.63, 3.8) is 0 Å². The van der Waals surface area contributed by atoms with Crippen LogP contribution in [0.25, 0.3) is 0 Å². The maximum atomic E-state index is 10.9. The average molecular weight is 286 g/mol. The molecule has 1 aliphatic heterocycles. The second-order valence-electron chi connectivity index (χ2n) is 4.45. The van der Waals surface area contributed by atoms with Gasteiger partial charge in [-0.1, -0.05) is 11.6 Å². The molecule has 0 amide bonds. The molecule has 1 N–H and O–H groups in total. The lowest BCUT2D eigenvalue weighted by Crippen LogP contribution is -2.22. The van der Waals surface area contributed by atoms with Gasteiger partial charge in [-0.15, -0.1) is 0 Å². The van der Waals surface area contributed by atoms with Crippen LogP contribution in [0.2, 0.25) is 5.15 Å². The van der Waals surface area contributed by atoms with E-state index in [-0.39, 0.29) is 16.7 Å². The van der Waals surface area contributed by atoms with E-state index in [1.165, 1.54) is 19.2 Å². The molecule has 0 saturated carbocycles. The summed E-state index contributed by atoms with van der Waals surface area (Å²) >= 11 is 5.70. The molecule has 7 nitrogen and oxygen atoms in total. The molecular weight excluding hydrogens is 270 g/mol. The van der Waals surface area contributed by atoms with Crippen LogP contribution in [0.4, 0.5) is 11.5 Å². The summed E-state index contributed by atoms with van der Waals surface area (Å²) in [6, 6.07) is 0. The van der Waals surface area contributed by atoms with Crippen LogP contribution in [0.1, 0.15) is 19.3 Å². The van der Waals surface area contributed by atoms with Gasteiger partial charge in [0.05, 0.1) is 4.92 Å². The van der Waals surface area contributed by atoms with Crippen LogP contribution in [-0.4, -0.2) is 46.0 Å². The van der Waals surface area contributed by atoms with Gasteiger partial charge in [-0.3, -0.25) is 10.1 Å². The van der Waals surface area contributed by atoms with Crippen molar-refractivity contribution in [2.45, 2.75) is 19.3 Å². The minimum atomic E-state index is -0.564. The Hall–Kier alpha value is -1.47. The minimum Gasteiger partial charge on any atom is -0.364 e. The molecular formula is C11H16ClN5O2. The summed E-state index contributed by atoms with van der Waals surface area (Å²) in [4.78, 5) is 20.2. The normalized spacial score (nSPS) is 15.6. The zero-order valence-corrected chi connectivity index (χ0v) is 11.3. The highest BCUT2D eigenvalue weighted by Crippen LogP contribution is 2.28. The second-order valence-corrected chi connectivity index (χ2v) is 4.81. The van der Waals surface area contributed by atoms with Gasteiger partial charge in [-0.05, 0) is 38.9 Å². The van der Waals surface area contributed by atoms with Crippen molar-refractivity contribution < 1.29 is 4.92 Å². The first-order chi connectivity index (χ1) is 9.18. The molecule has 0 bridgehead atoms. The van der Waals surface area contributed by atoms with Gasteiger partial charge in [0.25, 0.3) is 0 Å². The summed E-state index contributed by atoms with van der Waals surface area (Å²) in [5.41, 5.74) is -0.259. The van der Waals surface area contributed by atoms with Gasteiger partial charge >= 0.3 is 5.69 Å². The van der Waals surface area contributed by atoms with Crippen molar-refractivity contribution in [1.82, 2.24) is 14.9 Å². The fraction of sp³-hybridized carbons (Fsp3) is 0.636. The molecule has 1 fully saturated rings. The molecule has 19 heavy (non-hydrogen) atoms. The van der Waals surface area contributed by atoms with E-state index in [4.69, 9.17) is 11.6 Å². The van der Waals surface area contributed by atoms with Crippen LogP contribution in [-0.2, 0) is 0 Å². The first-order valence-electron chi connectivity index (χ1n) is 6.29. The number of hydrogen-bond donors (Lipinski definition) is 1. The molecule has 8 heteroatoms. The van der Waals surface area contributed by atoms with Crippen LogP contribution < -0.4 is 5.32 Å². The Morgan fingerprint density at radius 3 is 2.84 bits per heavy atom. The highest BCUT2D eigenvalue weighted by Gasteiger charge is 2.21. The third kappa shape index (κ3) is 3.74. The van der Waals surface area contributed by atoms with Crippen LogP contribution in [0.5, 0.6) is 0 Å². The highest BCUT2D eigenvalue weighted by molar-refractivity contribution is 6.31. The van der Waals surface area contributed by atoms with Crippen LogP contribution in [0, 0.1) is 10.1 Å². The molecule has 0 spiro atoms. The molecule has 0 aliphatic carbocycles.